The van der Waals surface area contributed by atoms with Crippen LogP contribution in [0.4, 0.5) is 5.69 Å². The van der Waals surface area contributed by atoms with Crippen LogP contribution in [0.25, 0.3) is 10.6 Å². The third kappa shape index (κ3) is 3.26. The number of hydrogen-bond donors (Lipinski definition) is 1. The van der Waals surface area contributed by atoms with Crippen LogP contribution in [0.3, 0.4) is 0 Å². The summed E-state index contributed by atoms with van der Waals surface area (Å²) in [7, 11) is 0. The van der Waals surface area contributed by atoms with E-state index in [1.165, 1.54) is 5.56 Å². The number of halogens is 1. The Kier molecular flexibility index (Phi) is 4.14. The fraction of sp³-hybridized carbons (Fsp3) is 0.0625. The number of aromatic nitrogens is 1. The lowest BCUT2D eigenvalue weighted by Crippen LogP contribution is -1.99. The van der Waals surface area contributed by atoms with Crippen molar-refractivity contribution in [3.63, 3.8) is 0 Å². The molecule has 1 N–H and O–H groups in total. The van der Waals surface area contributed by atoms with Gasteiger partial charge in [0.05, 0.1) is 0 Å². The van der Waals surface area contributed by atoms with Crippen molar-refractivity contribution in [2.75, 3.05) is 5.32 Å². The lowest BCUT2D eigenvalue weighted by atomic mass is 10.2. The quantitative estimate of drug-likeness (QED) is 0.704. The molecule has 2 nitrogen and oxygen atoms in total. The third-order valence-corrected chi connectivity index (χ3v) is 4.24. The first-order valence-corrected chi connectivity index (χ1v) is 7.97. The minimum atomic E-state index is 0.806. The predicted molar refractivity (Wildman–Crippen MR) is 89.0 cm³/mol. The molecule has 0 aliphatic carbocycles. The van der Waals surface area contributed by atoms with Gasteiger partial charge in [0, 0.05) is 33.8 Å². The van der Waals surface area contributed by atoms with Crippen LogP contribution in [0.2, 0.25) is 0 Å². The summed E-state index contributed by atoms with van der Waals surface area (Å²) in [6.07, 6.45) is 1.83. The van der Waals surface area contributed by atoms with Gasteiger partial charge < -0.3 is 5.32 Å². The molecule has 0 aliphatic rings. The average molecular weight is 345 g/mol. The van der Waals surface area contributed by atoms with Gasteiger partial charge in [0.1, 0.15) is 5.01 Å². The number of nitrogens with one attached hydrogen (secondary N) is 1. The van der Waals surface area contributed by atoms with Crippen molar-refractivity contribution in [2.45, 2.75) is 6.54 Å². The largest absolute Gasteiger partial charge is 0.381 e. The minimum Gasteiger partial charge on any atom is -0.381 e. The lowest BCUT2D eigenvalue weighted by Gasteiger charge is -2.08. The highest BCUT2D eigenvalue weighted by atomic mass is 79.9. The summed E-state index contributed by atoms with van der Waals surface area (Å²) in [4.78, 5) is 4.34. The van der Waals surface area contributed by atoms with E-state index in [-0.39, 0.29) is 0 Å². The van der Waals surface area contributed by atoms with E-state index in [0.29, 0.717) is 0 Å². The first-order chi connectivity index (χ1) is 9.81. The molecule has 0 saturated heterocycles. The normalized spacial score (nSPS) is 10.4. The van der Waals surface area contributed by atoms with Gasteiger partial charge >= 0.3 is 0 Å². The Labute approximate surface area is 130 Å². The Hall–Kier alpha value is -1.65. The van der Waals surface area contributed by atoms with Crippen LogP contribution >= 0.6 is 27.3 Å². The molecular formula is C16H13BrN2S. The Morgan fingerprint density at radius 3 is 2.80 bits per heavy atom. The second-order valence-electron chi connectivity index (χ2n) is 4.40. The van der Waals surface area contributed by atoms with Gasteiger partial charge in [0.15, 0.2) is 0 Å². The van der Waals surface area contributed by atoms with Crippen molar-refractivity contribution in [3.05, 3.63) is 70.1 Å². The van der Waals surface area contributed by atoms with E-state index in [9.17, 15) is 0 Å². The number of anilines is 1. The van der Waals surface area contributed by atoms with Crippen LogP contribution in [0.5, 0.6) is 0 Å². The second-order valence-corrected chi connectivity index (χ2v) is 6.21. The highest BCUT2D eigenvalue weighted by Gasteiger charge is 2.01. The molecule has 3 aromatic rings. The maximum absolute atomic E-state index is 4.34. The molecule has 0 saturated carbocycles. The van der Waals surface area contributed by atoms with Crippen molar-refractivity contribution < 1.29 is 0 Å². The Morgan fingerprint density at radius 1 is 1.10 bits per heavy atom. The fourth-order valence-electron chi connectivity index (χ4n) is 1.98. The summed E-state index contributed by atoms with van der Waals surface area (Å²) in [5, 5.41) is 6.50. The SMILES string of the molecule is Brc1cccc(CNc2cccc(-c3nccs3)c2)c1. The number of benzene rings is 2. The molecule has 0 fully saturated rings. The van der Waals surface area contributed by atoms with E-state index in [0.717, 1.165) is 27.3 Å². The highest BCUT2D eigenvalue weighted by Crippen LogP contribution is 2.24. The van der Waals surface area contributed by atoms with E-state index in [2.05, 4.69) is 62.6 Å². The maximum Gasteiger partial charge on any atom is 0.123 e. The van der Waals surface area contributed by atoms with Crippen molar-refractivity contribution in [1.82, 2.24) is 4.98 Å². The number of thiazole rings is 1. The summed E-state index contributed by atoms with van der Waals surface area (Å²) >= 11 is 5.15. The summed E-state index contributed by atoms with van der Waals surface area (Å²) in [5.74, 6) is 0. The van der Waals surface area contributed by atoms with Gasteiger partial charge in [-0.1, -0.05) is 40.2 Å². The van der Waals surface area contributed by atoms with Crippen molar-refractivity contribution in [1.29, 1.82) is 0 Å². The zero-order valence-corrected chi connectivity index (χ0v) is 13.1. The molecule has 0 atom stereocenters. The first kappa shape index (κ1) is 13.3. The molecule has 1 heterocycles. The van der Waals surface area contributed by atoms with E-state index in [1.54, 1.807) is 11.3 Å². The van der Waals surface area contributed by atoms with Crippen LogP contribution in [-0.2, 0) is 6.54 Å². The molecule has 0 aliphatic heterocycles. The van der Waals surface area contributed by atoms with Gasteiger partial charge in [0.25, 0.3) is 0 Å². The van der Waals surface area contributed by atoms with E-state index >= 15 is 0 Å². The van der Waals surface area contributed by atoms with Crippen LogP contribution in [0, 0.1) is 0 Å². The maximum atomic E-state index is 4.34. The zero-order chi connectivity index (χ0) is 13.8. The van der Waals surface area contributed by atoms with E-state index < -0.39 is 0 Å². The lowest BCUT2D eigenvalue weighted by molar-refractivity contribution is 1.15. The summed E-state index contributed by atoms with van der Waals surface area (Å²) in [5.41, 5.74) is 3.51. The molecule has 100 valence electrons. The third-order valence-electron chi connectivity index (χ3n) is 2.93. The molecule has 2 aromatic carbocycles. The number of nitrogens with zero attached hydrogens (tertiary/aromatic N) is 1. The van der Waals surface area contributed by atoms with Gasteiger partial charge in [-0.2, -0.15) is 0 Å². The summed E-state index contributed by atoms with van der Waals surface area (Å²) in [6, 6.07) is 16.7. The molecule has 20 heavy (non-hydrogen) atoms. The molecule has 1 aromatic heterocycles. The number of hydrogen-bond acceptors (Lipinski definition) is 3. The molecule has 4 heteroatoms. The predicted octanol–water partition coefficient (Wildman–Crippen LogP) is 5.18. The van der Waals surface area contributed by atoms with E-state index in [1.807, 2.05) is 23.7 Å². The van der Waals surface area contributed by atoms with Crippen LogP contribution in [0.1, 0.15) is 5.56 Å². The number of rotatable bonds is 4. The molecule has 0 unspecified atom stereocenters. The summed E-state index contributed by atoms with van der Waals surface area (Å²) < 4.78 is 1.10. The fourth-order valence-corrected chi connectivity index (χ4v) is 3.06. The van der Waals surface area contributed by atoms with Gasteiger partial charge in [-0.3, -0.25) is 0 Å². The molecular weight excluding hydrogens is 332 g/mol. The smallest absolute Gasteiger partial charge is 0.123 e. The van der Waals surface area contributed by atoms with Gasteiger partial charge in [-0.15, -0.1) is 11.3 Å². The Balaban J connectivity index is 1.73. The van der Waals surface area contributed by atoms with E-state index in [4.69, 9.17) is 0 Å². The summed E-state index contributed by atoms with van der Waals surface area (Å²) in [6.45, 7) is 0.806. The molecule has 0 bridgehead atoms. The van der Waals surface area contributed by atoms with Gasteiger partial charge in [-0.25, -0.2) is 4.98 Å². The molecule has 0 amide bonds. The Bertz CT molecular complexity index is 695. The van der Waals surface area contributed by atoms with Crippen LogP contribution in [0.15, 0.2) is 64.6 Å². The molecule has 3 rings (SSSR count). The highest BCUT2D eigenvalue weighted by molar-refractivity contribution is 9.10. The second kappa shape index (κ2) is 6.20. The topological polar surface area (TPSA) is 24.9 Å². The van der Waals surface area contributed by atoms with Crippen molar-refractivity contribution in [2.24, 2.45) is 0 Å². The van der Waals surface area contributed by atoms with Crippen molar-refractivity contribution in [3.8, 4) is 10.6 Å². The standard InChI is InChI=1S/C16H13BrN2S/c17-14-5-1-3-12(9-14)11-19-15-6-2-4-13(10-15)16-18-7-8-20-16/h1-10,19H,11H2. The van der Waals surface area contributed by atoms with Gasteiger partial charge in [0.2, 0.25) is 0 Å². The molecule has 0 spiro atoms. The Morgan fingerprint density at radius 2 is 2.00 bits per heavy atom. The molecule has 0 radical (unpaired) electrons. The average Bonchev–Trinajstić information content (AvgIpc) is 3.00. The van der Waals surface area contributed by atoms with Crippen LogP contribution < -0.4 is 5.32 Å². The minimum absolute atomic E-state index is 0.806. The first-order valence-electron chi connectivity index (χ1n) is 6.29. The van der Waals surface area contributed by atoms with Crippen LogP contribution in [-0.4, -0.2) is 4.98 Å². The zero-order valence-electron chi connectivity index (χ0n) is 10.7. The van der Waals surface area contributed by atoms with Gasteiger partial charge in [-0.05, 0) is 29.8 Å². The monoisotopic (exact) mass is 344 g/mol. The van der Waals surface area contributed by atoms with Crippen molar-refractivity contribution >= 4 is 33.0 Å².